The van der Waals surface area contributed by atoms with Gasteiger partial charge in [0.15, 0.2) is 0 Å². The van der Waals surface area contributed by atoms with Crippen LogP contribution in [0.25, 0.3) is 10.9 Å². The summed E-state index contributed by atoms with van der Waals surface area (Å²) < 4.78 is 0. The van der Waals surface area contributed by atoms with Gasteiger partial charge in [-0.1, -0.05) is 11.6 Å². The Balaban J connectivity index is 2.13. The summed E-state index contributed by atoms with van der Waals surface area (Å²) in [7, 11) is 0. The van der Waals surface area contributed by atoms with Gasteiger partial charge in [0.25, 0.3) is 0 Å². The number of hydrogen-bond donors (Lipinski definition) is 2. The van der Waals surface area contributed by atoms with Crippen LogP contribution in [-0.2, 0) is 0 Å². The van der Waals surface area contributed by atoms with Crippen LogP contribution in [0.2, 0.25) is 5.02 Å². The molecule has 0 radical (unpaired) electrons. The van der Waals surface area contributed by atoms with Crippen LogP contribution >= 0.6 is 22.9 Å². The maximum absolute atomic E-state index is 6.10. The molecule has 0 aliphatic rings. The number of aromatic amines is 1. The first-order valence-electron chi connectivity index (χ1n) is 6.22. The lowest BCUT2D eigenvalue weighted by Crippen LogP contribution is -2.12. The summed E-state index contributed by atoms with van der Waals surface area (Å²) in [5, 5.41) is 1.92. The normalized spacial score (nSPS) is 13.0. The Morgan fingerprint density at radius 1 is 1.32 bits per heavy atom. The molecule has 19 heavy (non-hydrogen) atoms. The SMILES string of the molecule is Cc1ccc(C(CN)c2c[nH]c3ccc(Cl)cc23)s1. The first kappa shape index (κ1) is 12.7. The monoisotopic (exact) mass is 290 g/mol. The van der Waals surface area contributed by atoms with Gasteiger partial charge >= 0.3 is 0 Å². The number of fused-ring (bicyclic) bond motifs is 1. The molecular weight excluding hydrogens is 276 g/mol. The summed E-state index contributed by atoms with van der Waals surface area (Å²) in [6.07, 6.45) is 2.05. The fourth-order valence-electron chi connectivity index (χ4n) is 2.44. The smallest absolute Gasteiger partial charge is 0.0458 e. The fourth-order valence-corrected chi connectivity index (χ4v) is 3.62. The van der Waals surface area contributed by atoms with E-state index in [9.17, 15) is 0 Å². The molecule has 0 aliphatic carbocycles. The van der Waals surface area contributed by atoms with Gasteiger partial charge in [-0.15, -0.1) is 11.3 Å². The number of nitrogens with two attached hydrogens (primary N) is 1. The van der Waals surface area contributed by atoms with Crippen molar-refractivity contribution in [2.75, 3.05) is 6.54 Å². The molecule has 3 aromatic rings. The third-order valence-electron chi connectivity index (χ3n) is 3.39. The minimum atomic E-state index is 0.228. The summed E-state index contributed by atoms with van der Waals surface area (Å²) in [5.74, 6) is 0.228. The van der Waals surface area contributed by atoms with Crippen LogP contribution in [0.5, 0.6) is 0 Å². The van der Waals surface area contributed by atoms with Crippen LogP contribution in [0.4, 0.5) is 0 Å². The highest BCUT2D eigenvalue weighted by atomic mass is 35.5. The average Bonchev–Trinajstić information content (AvgIpc) is 2.98. The Morgan fingerprint density at radius 3 is 2.84 bits per heavy atom. The van der Waals surface area contributed by atoms with E-state index in [-0.39, 0.29) is 5.92 Å². The summed E-state index contributed by atoms with van der Waals surface area (Å²) >= 11 is 7.91. The Labute approximate surface area is 121 Å². The molecule has 0 amide bonds. The van der Waals surface area contributed by atoms with Crippen LogP contribution in [0, 0.1) is 6.92 Å². The Morgan fingerprint density at radius 2 is 2.16 bits per heavy atom. The predicted molar refractivity (Wildman–Crippen MR) is 83.3 cm³/mol. The zero-order valence-electron chi connectivity index (χ0n) is 10.6. The van der Waals surface area contributed by atoms with Gasteiger partial charge in [0, 0.05) is 44.3 Å². The summed E-state index contributed by atoms with van der Waals surface area (Å²) in [6.45, 7) is 2.72. The van der Waals surface area contributed by atoms with E-state index in [1.54, 1.807) is 11.3 Å². The second-order valence-corrected chi connectivity index (χ2v) is 6.43. The number of nitrogens with one attached hydrogen (secondary N) is 1. The Hall–Kier alpha value is -1.29. The van der Waals surface area contributed by atoms with E-state index in [2.05, 4.69) is 24.0 Å². The minimum Gasteiger partial charge on any atom is -0.361 e. The van der Waals surface area contributed by atoms with Crippen LogP contribution in [0.15, 0.2) is 36.5 Å². The van der Waals surface area contributed by atoms with Gasteiger partial charge in [-0.3, -0.25) is 0 Å². The van der Waals surface area contributed by atoms with Crippen molar-refractivity contribution in [3.8, 4) is 0 Å². The lowest BCUT2D eigenvalue weighted by molar-refractivity contribution is 0.842. The highest BCUT2D eigenvalue weighted by Crippen LogP contribution is 2.34. The molecule has 2 heterocycles. The molecule has 2 aromatic heterocycles. The molecule has 98 valence electrons. The molecule has 2 nitrogen and oxygen atoms in total. The second kappa shape index (κ2) is 5.00. The minimum absolute atomic E-state index is 0.228. The molecule has 0 saturated heterocycles. The zero-order valence-corrected chi connectivity index (χ0v) is 12.2. The Kier molecular flexibility index (Phi) is 3.35. The van der Waals surface area contributed by atoms with Crippen LogP contribution in [-0.4, -0.2) is 11.5 Å². The third-order valence-corrected chi connectivity index (χ3v) is 4.74. The number of halogens is 1. The van der Waals surface area contributed by atoms with Crippen LogP contribution in [0.3, 0.4) is 0 Å². The maximum atomic E-state index is 6.10. The van der Waals surface area contributed by atoms with Gasteiger partial charge in [-0.25, -0.2) is 0 Å². The Bertz CT molecular complexity index is 714. The van der Waals surface area contributed by atoms with Crippen molar-refractivity contribution in [1.82, 2.24) is 4.98 Å². The molecule has 0 spiro atoms. The van der Waals surface area contributed by atoms with Gasteiger partial charge in [0.2, 0.25) is 0 Å². The van der Waals surface area contributed by atoms with Crippen molar-refractivity contribution in [3.63, 3.8) is 0 Å². The van der Waals surface area contributed by atoms with Crippen molar-refractivity contribution in [2.45, 2.75) is 12.8 Å². The van der Waals surface area contributed by atoms with E-state index in [0.717, 1.165) is 15.9 Å². The number of H-pyrrole nitrogens is 1. The van der Waals surface area contributed by atoms with E-state index >= 15 is 0 Å². The molecule has 0 bridgehead atoms. The van der Waals surface area contributed by atoms with Gasteiger partial charge in [-0.2, -0.15) is 0 Å². The van der Waals surface area contributed by atoms with E-state index in [0.29, 0.717) is 6.54 Å². The van der Waals surface area contributed by atoms with E-state index in [4.69, 9.17) is 17.3 Å². The highest BCUT2D eigenvalue weighted by molar-refractivity contribution is 7.12. The van der Waals surface area contributed by atoms with E-state index < -0.39 is 0 Å². The van der Waals surface area contributed by atoms with Gasteiger partial charge < -0.3 is 10.7 Å². The maximum Gasteiger partial charge on any atom is 0.0458 e. The first-order valence-corrected chi connectivity index (χ1v) is 7.41. The summed E-state index contributed by atoms with van der Waals surface area (Å²) in [6, 6.07) is 10.2. The molecule has 0 saturated carbocycles. The third kappa shape index (κ3) is 2.29. The number of thiophene rings is 1. The van der Waals surface area contributed by atoms with Gasteiger partial charge in [0.05, 0.1) is 0 Å². The second-order valence-electron chi connectivity index (χ2n) is 4.67. The van der Waals surface area contributed by atoms with Crippen molar-refractivity contribution >= 4 is 33.8 Å². The van der Waals surface area contributed by atoms with Crippen molar-refractivity contribution < 1.29 is 0 Å². The van der Waals surface area contributed by atoms with E-state index in [1.165, 1.54) is 15.3 Å². The first-order chi connectivity index (χ1) is 9.19. The topological polar surface area (TPSA) is 41.8 Å². The van der Waals surface area contributed by atoms with Gasteiger partial charge in [0.1, 0.15) is 0 Å². The largest absolute Gasteiger partial charge is 0.361 e. The van der Waals surface area contributed by atoms with Crippen molar-refractivity contribution in [1.29, 1.82) is 0 Å². The lowest BCUT2D eigenvalue weighted by atomic mass is 9.97. The van der Waals surface area contributed by atoms with Crippen LogP contribution in [0.1, 0.15) is 21.2 Å². The standard InChI is InChI=1S/C15H15ClN2S/c1-9-2-5-15(19-9)12(7-17)13-8-18-14-4-3-10(16)6-11(13)14/h2-6,8,12,18H,7,17H2,1H3. The summed E-state index contributed by atoms with van der Waals surface area (Å²) in [4.78, 5) is 5.91. The highest BCUT2D eigenvalue weighted by Gasteiger charge is 2.18. The number of rotatable bonds is 3. The number of aromatic nitrogens is 1. The molecule has 0 aliphatic heterocycles. The predicted octanol–water partition coefficient (Wildman–Crippen LogP) is 4.28. The molecule has 1 unspecified atom stereocenters. The quantitative estimate of drug-likeness (QED) is 0.743. The number of hydrogen-bond acceptors (Lipinski definition) is 2. The summed E-state index contributed by atoms with van der Waals surface area (Å²) in [5.41, 5.74) is 8.32. The van der Waals surface area contributed by atoms with Gasteiger partial charge in [-0.05, 0) is 42.8 Å². The number of aryl methyl sites for hydroxylation is 1. The molecule has 3 N–H and O–H groups in total. The molecule has 1 atom stereocenters. The van der Waals surface area contributed by atoms with Crippen molar-refractivity contribution in [3.05, 3.63) is 56.9 Å². The molecule has 3 rings (SSSR count). The lowest BCUT2D eigenvalue weighted by Gasteiger charge is -2.12. The fraction of sp³-hybridized carbons (Fsp3) is 0.200. The van der Waals surface area contributed by atoms with Crippen molar-refractivity contribution in [2.24, 2.45) is 5.73 Å². The van der Waals surface area contributed by atoms with Crippen LogP contribution < -0.4 is 5.73 Å². The average molecular weight is 291 g/mol. The number of benzene rings is 1. The molecule has 1 aromatic carbocycles. The van der Waals surface area contributed by atoms with E-state index in [1.807, 2.05) is 24.4 Å². The zero-order chi connectivity index (χ0) is 13.4. The molecule has 0 fully saturated rings. The molecular formula is C15H15ClN2S. The molecule has 4 heteroatoms.